The molecule has 1 N–H and O–H groups in total. The molecule has 1 aliphatic heterocycles. The maximum absolute atomic E-state index is 12.8. The van der Waals surface area contributed by atoms with E-state index in [0.717, 1.165) is 18.4 Å². The standard InChI is InChI=1S/C24H23ClN4O4/c1-32-20-9-8-17(12-19(20)25)26-23(31)16-11-21(30)29(13-16)18-7-3-6-15(10-18)22-27-24(33-28-22)14-4-2-5-14/h3,6-10,12,14,16H,2,4-5,11,13H2,1H3,(H,26,31)/t16-/m1/s1. The topological polar surface area (TPSA) is 97.6 Å². The Kier molecular flexibility index (Phi) is 5.76. The molecule has 8 nitrogen and oxygen atoms in total. The number of anilines is 2. The zero-order chi connectivity index (χ0) is 22.9. The van der Waals surface area contributed by atoms with Gasteiger partial charge in [-0.2, -0.15) is 4.98 Å². The molecule has 0 radical (unpaired) electrons. The molecule has 1 aliphatic carbocycles. The van der Waals surface area contributed by atoms with Crippen molar-refractivity contribution in [3.05, 3.63) is 53.4 Å². The fraction of sp³-hybridized carbons (Fsp3) is 0.333. The molecule has 1 saturated heterocycles. The minimum absolute atomic E-state index is 0.108. The molecule has 2 amide bonds. The Hall–Kier alpha value is -3.39. The van der Waals surface area contributed by atoms with E-state index in [1.165, 1.54) is 13.5 Å². The lowest BCUT2D eigenvalue weighted by molar-refractivity contribution is -0.122. The molecule has 170 valence electrons. The molecule has 1 saturated carbocycles. The fourth-order valence-corrected chi connectivity index (χ4v) is 4.37. The predicted molar refractivity (Wildman–Crippen MR) is 123 cm³/mol. The number of hydrogen-bond acceptors (Lipinski definition) is 6. The molecular weight excluding hydrogens is 444 g/mol. The van der Waals surface area contributed by atoms with Gasteiger partial charge in [-0.05, 0) is 43.2 Å². The Morgan fingerprint density at radius 1 is 1.24 bits per heavy atom. The molecule has 0 bridgehead atoms. The summed E-state index contributed by atoms with van der Waals surface area (Å²) in [5.74, 6) is 1.25. The van der Waals surface area contributed by atoms with Crippen LogP contribution in [0.1, 0.15) is 37.5 Å². The molecule has 1 atom stereocenters. The third-order valence-corrected chi connectivity index (χ3v) is 6.52. The van der Waals surface area contributed by atoms with E-state index >= 15 is 0 Å². The molecule has 3 aromatic rings. The van der Waals surface area contributed by atoms with Gasteiger partial charge in [-0.3, -0.25) is 9.59 Å². The van der Waals surface area contributed by atoms with E-state index in [4.69, 9.17) is 20.9 Å². The molecule has 1 aromatic heterocycles. The van der Waals surface area contributed by atoms with Crippen LogP contribution in [0.15, 0.2) is 47.0 Å². The first kappa shape index (κ1) is 21.5. The van der Waals surface area contributed by atoms with Gasteiger partial charge < -0.3 is 19.5 Å². The molecule has 2 fully saturated rings. The summed E-state index contributed by atoms with van der Waals surface area (Å²) in [6, 6.07) is 12.5. The van der Waals surface area contributed by atoms with Gasteiger partial charge in [0, 0.05) is 35.8 Å². The number of nitrogens with zero attached hydrogens (tertiary/aromatic N) is 3. The van der Waals surface area contributed by atoms with Crippen LogP contribution in [0.3, 0.4) is 0 Å². The van der Waals surface area contributed by atoms with Crippen molar-refractivity contribution in [1.29, 1.82) is 0 Å². The highest BCUT2D eigenvalue weighted by Crippen LogP contribution is 2.36. The summed E-state index contributed by atoms with van der Waals surface area (Å²) in [7, 11) is 1.53. The lowest BCUT2D eigenvalue weighted by atomic mass is 9.85. The van der Waals surface area contributed by atoms with Crippen molar-refractivity contribution in [2.45, 2.75) is 31.6 Å². The maximum Gasteiger partial charge on any atom is 0.230 e. The molecule has 0 spiro atoms. The van der Waals surface area contributed by atoms with Crippen LogP contribution < -0.4 is 15.0 Å². The Bertz CT molecular complexity index is 1210. The summed E-state index contributed by atoms with van der Waals surface area (Å²) in [5.41, 5.74) is 2.03. The molecular formula is C24H23ClN4O4. The average Bonchev–Trinajstić information content (AvgIpc) is 3.40. The lowest BCUT2D eigenvalue weighted by Gasteiger charge is -2.20. The van der Waals surface area contributed by atoms with Crippen LogP contribution in [-0.4, -0.2) is 35.6 Å². The number of methoxy groups -OCH3 is 1. The summed E-state index contributed by atoms with van der Waals surface area (Å²) in [4.78, 5) is 31.7. The molecule has 2 aliphatic rings. The summed E-state index contributed by atoms with van der Waals surface area (Å²) < 4.78 is 10.6. The minimum Gasteiger partial charge on any atom is -0.495 e. The molecule has 2 heterocycles. The first-order valence-electron chi connectivity index (χ1n) is 10.9. The Morgan fingerprint density at radius 3 is 2.82 bits per heavy atom. The number of carbonyl (C=O) groups excluding carboxylic acids is 2. The average molecular weight is 467 g/mol. The Balaban J connectivity index is 1.28. The monoisotopic (exact) mass is 466 g/mol. The Morgan fingerprint density at radius 2 is 2.09 bits per heavy atom. The summed E-state index contributed by atoms with van der Waals surface area (Å²) in [6.07, 6.45) is 3.48. The molecule has 33 heavy (non-hydrogen) atoms. The number of carbonyl (C=O) groups is 2. The van der Waals surface area contributed by atoms with Gasteiger partial charge in [-0.15, -0.1) is 0 Å². The van der Waals surface area contributed by atoms with Gasteiger partial charge in [0.05, 0.1) is 18.1 Å². The van der Waals surface area contributed by atoms with Gasteiger partial charge in [-0.1, -0.05) is 35.3 Å². The van der Waals surface area contributed by atoms with Crippen LogP contribution in [0.4, 0.5) is 11.4 Å². The number of halogens is 1. The van der Waals surface area contributed by atoms with Crippen LogP contribution in [0.2, 0.25) is 5.02 Å². The smallest absolute Gasteiger partial charge is 0.230 e. The van der Waals surface area contributed by atoms with Crippen LogP contribution >= 0.6 is 11.6 Å². The highest BCUT2D eigenvalue weighted by atomic mass is 35.5. The normalized spacial score (nSPS) is 18.3. The van der Waals surface area contributed by atoms with Crippen molar-refractivity contribution in [1.82, 2.24) is 10.1 Å². The fourth-order valence-electron chi connectivity index (χ4n) is 4.11. The van der Waals surface area contributed by atoms with Gasteiger partial charge in [0.1, 0.15) is 5.75 Å². The summed E-state index contributed by atoms with van der Waals surface area (Å²) >= 11 is 6.14. The van der Waals surface area contributed by atoms with Crippen LogP contribution in [-0.2, 0) is 9.59 Å². The quantitative estimate of drug-likeness (QED) is 0.567. The van der Waals surface area contributed by atoms with Crippen molar-refractivity contribution in [2.75, 3.05) is 23.9 Å². The highest BCUT2D eigenvalue weighted by molar-refractivity contribution is 6.32. The SMILES string of the molecule is COc1ccc(NC(=O)[C@@H]2CC(=O)N(c3cccc(-c4noc(C5CCC5)n4)c3)C2)cc1Cl. The van der Waals surface area contributed by atoms with E-state index in [9.17, 15) is 9.59 Å². The third kappa shape index (κ3) is 4.30. The number of ether oxygens (including phenoxy) is 1. The van der Waals surface area contributed by atoms with Gasteiger partial charge in [0.25, 0.3) is 0 Å². The van der Waals surface area contributed by atoms with Gasteiger partial charge >= 0.3 is 0 Å². The van der Waals surface area contributed by atoms with E-state index < -0.39 is 5.92 Å². The van der Waals surface area contributed by atoms with E-state index in [1.54, 1.807) is 23.1 Å². The van der Waals surface area contributed by atoms with Crippen molar-refractivity contribution < 1.29 is 18.8 Å². The highest BCUT2D eigenvalue weighted by Gasteiger charge is 2.35. The lowest BCUT2D eigenvalue weighted by Crippen LogP contribution is -2.28. The van der Waals surface area contributed by atoms with E-state index in [1.807, 2.05) is 24.3 Å². The second-order valence-electron chi connectivity index (χ2n) is 8.38. The molecule has 2 aromatic carbocycles. The number of rotatable bonds is 6. The van der Waals surface area contributed by atoms with Crippen molar-refractivity contribution in [3.8, 4) is 17.1 Å². The van der Waals surface area contributed by atoms with Crippen molar-refractivity contribution >= 4 is 34.8 Å². The number of hydrogen-bond donors (Lipinski definition) is 1. The van der Waals surface area contributed by atoms with Crippen LogP contribution in [0.5, 0.6) is 5.75 Å². The van der Waals surface area contributed by atoms with Gasteiger partial charge in [0.15, 0.2) is 0 Å². The van der Waals surface area contributed by atoms with Crippen LogP contribution in [0, 0.1) is 5.92 Å². The maximum atomic E-state index is 12.8. The zero-order valence-electron chi connectivity index (χ0n) is 18.1. The molecule has 9 heteroatoms. The van der Waals surface area contributed by atoms with Crippen LogP contribution in [0.25, 0.3) is 11.4 Å². The van der Waals surface area contributed by atoms with Crippen molar-refractivity contribution in [3.63, 3.8) is 0 Å². The van der Waals surface area contributed by atoms with Gasteiger partial charge in [-0.25, -0.2) is 0 Å². The third-order valence-electron chi connectivity index (χ3n) is 6.23. The minimum atomic E-state index is -0.475. The number of amides is 2. The number of benzene rings is 2. The second-order valence-corrected chi connectivity index (χ2v) is 8.79. The van der Waals surface area contributed by atoms with Crippen molar-refractivity contribution in [2.24, 2.45) is 5.92 Å². The van der Waals surface area contributed by atoms with E-state index in [0.29, 0.717) is 39.8 Å². The zero-order valence-corrected chi connectivity index (χ0v) is 18.8. The van der Waals surface area contributed by atoms with E-state index in [-0.39, 0.29) is 24.8 Å². The Labute approximate surface area is 195 Å². The largest absolute Gasteiger partial charge is 0.495 e. The first-order chi connectivity index (χ1) is 16.0. The number of aromatic nitrogens is 2. The number of nitrogens with one attached hydrogen (secondary N) is 1. The second kappa shape index (κ2) is 8.86. The van der Waals surface area contributed by atoms with E-state index in [2.05, 4.69) is 15.5 Å². The predicted octanol–water partition coefficient (Wildman–Crippen LogP) is 4.66. The molecule has 5 rings (SSSR count). The summed E-state index contributed by atoms with van der Waals surface area (Å²) in [5, 5.41) is 7.35. The first-order valence-corrected chi connectivity index (χ1v) is 11.3. The molecule has 0 unspecified atom stereocenters. The summed E-state index contributed by atoms with van der Waals surface area (Å²) in [6.45, 7) is 0.289. The van der Waals surface area contributed by atoms with Gasteiger partial charge in [0.2, 0.25) is 23.5 Å².